The Hall–Kier alpha value is -3.16. The highest BCUT2D eigenvalue weighted by atomic mass is 35.5. The molecule has 158 valence electrons. The van der Waals surface area contributed by atoms with Gasteiger partial charge in [0.25, 0.3) is 5.56 Å². The number of pyridine rings is 1. The number of carbonyl (C=O) groups is 1. The van der Waals surface area contributed by atoms with E-state index in [2.05, 4.69) is 10.3 Å². The Labute approximate surface area is 188 Å². The minimum atomic E-state index is -0.215. The van der Waals surface area contributed by atoms with Gasteiger partial charge in [0.1, 0.15) is 5.75 Å². The van der Waals surface area contributed by atoms with Crippen molar-refractivity contribution >= 4 is 44.9 Å². The van der Waals surface area contributed by atoms with E-state index in [0.29, 0.717) is 21.4 Å². The van der Waals surface area contributed by atoms with E-state index in [1.54, 1.807) is 29.9 Å². The molecular formula is C23H20ClN3O3S. The van der Waals surface area contributed by atoms with E-state index in [9.17, 15) is 9.59 Å². The maximum absolute atomic E-state index is 12.6. The lowest BCUT2D eigenvalue weighted by atomic mass is 10.1. The molecule has 0 aliphatic rings. The molecule has 2 aromatic carbocycles. The van der Waals surface area contributed by atoms with Crippen LogP contribution in [0.3, 0.4) is 0 Å². The molecule has 0 saturated carbocycles. The van der Waals surface area contributed by atoms with Crippen LogP contribution in [0.25, 0.3) is 22.2 Å². The molecule has 0 radical (unpaired) electrons. The molecule has 1 amide bonds. The van der Waals surface area contributed by atoms with Crippen LogP contribution in [0.4, 0.5) is 5.13 Å². The number of hydrogen-bond acceptors (Lipinski definition) is 5. The fourth-order valence-corrected chi connectivity index (χ4v) is 4.30. The summed E-state index contributed by atoms with van der Waals surface area (Å²) in [5.41, 5.74) is 3.09. The molecule has 4 aromatic rings. The molecule has 8 heteroatoms. The van der Waals surface area contributed by atoms with Gasteiger partial charge < -0.3 is 14.6 Å². The second-order valence-electron chi connectivity index (χ2n) is 7.02. The summed E-state index contributed by atoms with van der Waals surface area (Å²) in [6.45, 7) is 2.12. The van der Waals surface area contributed by atoms with Crippen molar-refractivity contribution in [3.05, 3.63) is 74.9 Å². The molecule has 0 unspecified atom stereocenters. The number of rotatable bonds is 6. The van der Waals surface area contributed by atoms with Gasteiger partial charge in [-0.15, -0.1) is 11.3 Å². The van der Waals surface area contributed by atoms with Gasteiger partial charge in [-0.2, -0.15) is 0 Å². The molecule has 1 N–H and O–H groups in total. The summed E-state index contributed by atoms with van der Waals surface area (Å²) in [6.07, 6.45) is 0.131. The summed E-state index contributed by atoms with van der Waals surface area (Å²) in [6, 6.07) is 14.6. The largest absolute Gasteiger partial charge is 0.495 e. The highest BCUT2D eigenvalue weighted by molar-refractivity contribution is 7.14. The third kappa shape index (κ3) is 4.47. The van der Waals surface area contributed by atoms with Crippen molar-refractivity contribution in [2.24, 2.45) is 0 Å². The van der Waals surface area contributed by atoms with Crippen LogP contribution in [0.15, 0.2) is 58.7 Å². The average molecular weight is 454 g/mol. The van der Waals surface area contributed by atoms with Crippen LogP contribution in [0, 0.1) is 6.92 Å². The Morgan fingerprint density at radius 2 is 2.00 bits per heavy atom. The van der Waals surface area contributed by atoms with Gasteiger partial charge in [-0.25, -0.2) is 4.98 Å². The lowest BCUT2D eigenvalue weighted by molar-refractivity contribution is -0.116. The number of amides is 1. The number of methoxy groups -OCH3 is 1. The molecule has 4 rings (SSSR count). The van der Waals surface area contributed by atoms with E-state index in [1.165, 1.54) is 11.3 Å². The zero-order valence-corrected chi connectivity index (χ0v) is 18.6. The van der Waals surface area contributed by atoms with Crippen LogP contribution in [0.2, 0.25) is 5.02 Å². The first-order valence-electron chi connectivity index (χ1n) is 9.65. The number of aromatic nitrogens is 2. The molecule has 0 spiro atoms. The fourth-order valence-electron chi connectivity index (χ4n) is 3.44. The van der Waals surface area contributed by atoms with Crippen molar-refractivity contribution < 1.29 is 9.53 Å². The summed E-state index contributed by atoms with van der Waals surface area (Å²) in [5.74, 6) is 0.388. The van der Waals surface area contributed by atoms with Crippen LogP contribution in [0.5, 0.6) is 5.75 Å². The first kappa shape index (κ1) is 21.1. The summed E-state index contributed by atoms with van der Waals surface area (Å²) >= 11 is 7.27. The van der Waals surface area contributed by atoms with Gasteiger partial charge in [-0.3, -0.25) is 9.59 Å². The third-order valence-electron chi connectivity index (χ3n) is 4.97. The van der Waals surface area contributed by atoms with Crippen molar-refractivity contribution in [2.45, 2.75) is 19.9 Å². The van der Waals surface area contributed by atoms with Gasteiger partial charge in [-0.05, 0) is 30.7 Å². The third-order valence-corrected chi connectivity index (χ3v) is 5.98. The highest BCUT2D eigenvalue weighted by Crippen LogP contribution is 2.27. The quantitative estimate of drug-likeness (QED) is 0.439. The van der Waals surface area contributed by atoms with Crippen molar-refractivity contribution in [3.8, 4) is 17.0 Å². The lowest BCUT2D eigenvalue weighted by Crippen LogP contribution is -2.24. The topological polar surface area (TPSA) is 73.2 Å². The van der Waals surface area contributed by atoms with Gasteiger partial charge in [-0.1, -0.05) is 35.9 Å². The number of nitrogens with zero attached hydrogens (tertiary/aromatic N) is 2. The second-order valence-corrected chi connectivity index (χ2v) is 8.31. The van der Waals surface area contributed by atoms with E-state index in [4.69, 9.17) is 16.3 Å². The first-order valence-corrected chi connectivity index (χ1v) is 10.9. The number of aryl methyl sites for hydroxylation is 2. The minimum absolute atomic E-state index is 0.131. The van der Waals surface area contributed by atoms with Gasteiger partial charge in [0.05, 0.1) is 18.3 Å². The molecule has 0 fully saturated rings. The molecule has 2 heterocycles. The van der Waals surface area contributed by atoms with Crippen molar-refractivity contribution in [2.75, 3.05) is 12.4 Å². The number of benzene rings is 2. The highest BCUT2D eigenvalue weighted by Gasteiger charge is 2.13. The normalized spacial score (nSPS) is 10.9. The molecule has 31 heavy (non-hydrogen) atoms. The SMILES string of the molecule is COc1cccc2c(C)cc(=O)n(CCC(=O)Nc3nc(-c4ccc(Cl)cc4)cs3)c12. The Morgan fingerprint density at radius 1 is 1.23 bits per heavy atom. The van der Waals surface area contributed by atoms with Gasteiger partial charge in [0, 0.05) is 40.4 Å². The van der Waals surface area contributed by atoms with Gasteiger partial charge >= 0.3 is 0 Å². The summed E-state index contributed by atoms with van der Waals surface area (Å²) in [5, 5.41) is 6.78. The zero-order chi connectivity index (χ0) is 22.0. The fraction of sp³-hybridized carbons (Fsp3) is 0.174. The first-order chi connectivity index (χ1) is 15.0. The number of ether oxygens (including phenoxy) is 1. The molecule has 0 saturated heterocycles. The molecule has 2 aromatic heterocycles. The summed E-state index contributed by atoms with van der Waals surface area (Å²) < 4.78 is 7.04. The molecule has 0 atom stereocenters. The number of nitrogens with one attached hydrogen (secondary N) is 1. The van der Waals surface area contributed by atoms with E-state index >= 15 is 0 Å². The Kier molecular flexibility index (Phi) is 6.06. The van der Waals surface area contributed by atoms with E-state index < -0.39 is 0 Å². The van der Waals surface area contributed by atoms with Crippen LogP contribution in [0.1, 0.15) is 12.0 Å². The van der Waals surface area contributed by atoms with Crippen LogP contribution >= 0.6 is 22.9 Å². The standard InChI is InChI=1S/C23H20ClN3O3S/c1-14-12-21(29)27(22-17(14)4-3-5-19(22)30-2)11-10-20(28)26-23-25-18(13-31-23)15-6-8-16(24)9-7-15/h3-9,12-13H,10-11H2,1-2H3,(H,25,26,28). The maximum atomic E-state index is 12.6. The monoisotopic (exact) mass is 453 g/mol. The van der Waals surface area contributed by atoms with Crippen molar-refractivity contribution in [3.63, 3.8) is 0 Å². The maximum Gasteiger partial charge on any atom is 0.251 e. The molecular weight excluding hydrogens is 434 g/mol. The van der Waals surface area contributed by atoms with Crippen molar-refractivity contribution in [1.29, 1.82) is 0 Å². The Bertz CT molecular complexity index is 1310. The predicted molar refractivity (Wildman–Crippen MR) is 125 cm³/mol. The van der Waals surface area contributed by atoms with E-state index in [1.807, 2.05) is 42.6 Å². The summed E-state index contributed by atoms with van der Waals surface area (Å²) in [7, 11) is 1.57. The molecule has 0 bridgehead atoms. The average Bonchev–Trinajstić information content (AvgIpc) is 3.22. The van der Waals surface area contributed by atoms with Gasteiger partial charge in [0.2, 0.25) is 5.91 Å². The van der Waals surface area contributed by atoms with Crippen molar-refractivity contribution in [1.82, 2.24) is 9.55 Å². The number of hydrogen-bond donors (Lipinski definition) is 1. The van der Waals surface area contributed by atoms with E-state index in [-0.39, 0.29) is 24.4 Å². The Morgan fingerprint density at radius 3 is 2.74 bits per heavy atom. The minimum Gasteiger partial charge on any atom is -0.495 e. The van der Waals surface area contributed by atoms with Crippen LogP contribution in [-0.2, 0) is 11.3 Å². The summed E-state index contributed by atoms with van der Waals surface area (Å²) in [4.78, 5) is 29.6. The smallest absolute Gasteiger partial charge is 0.251 e. The lowest BCUT2D eigenvalue weighted by Gasteiger charge is -2.14. The number of thiazole rings is 1. The number of anilines is 1. The van der Waals surface area contributed by atoms with Crippen LogP contribution < -0.4 is 15.6 Å². The zero-order valence-electron chi connectivity index (χ0n) is 17.0. The number of fused-ring (bicyclic) bond motifs is 1. The second kappa shape index (κ2) is 8.91. The predicted octanol–water partition coefficient (Wildman–Crippen LogP) is 5.12. The Balaban J connectivity index is 1.50. The van der Waals surface area contributed by atoms with E-state index in [0.717, 1.165) is 22.2 Å². The number of carbonyl (C=O) groups excluding carboxylic acids is 1. The number of para-hydroxylation sites is 1. The molecule has 6 nitrogen and oxygen atoms in total. The van der Waals surface area contributed by atoms with Crippen LogP contribution in [-0.4, -0.2) is 22.6 Å². The number of halogens is 1. The molecule has 0 aliphatic carbocycles. The molecule has 0 aliphatic heterocycles. The van der Waals surface area contributed by atoms with Gasteiger partial charge in [0.15, 0.2) is 5.13 Å².